The van der Waals surface area contributed by atoms with Crippen molar-refractivity contribution in [3.8, 4) is 0 Å². The number of halogens is 1. The zero-order valence-corrected chi connectivity index (χ0v) is 20.4. The summed E-state index contributed by atoms with van der Waals surface area (Å²) in [6.07, 6.45) is 5.53. The van der Waals surface area contributed by atoms with E-state index in [1.807, 2.05) is 38.7 Å². The number of carbonyl (C=O) groups is 1. The number of hydrogen-bond donors (Lipinski definition) is 0. The Morgan fingerprint density at radius 2 is 1.74 bits per heavy atom. The van der Waals surface area contributed by atoms with Crippen molar-refractivity contribution >= 4 is 39.4 Å². The van der Waals surface area contributed by atoms with E-state index >= 15 is 0 Å². The van der Waals surface area contributed by atoms with E-state index in [2.05, 4.69) is 39.8 Å². The summed E-state index contributed by atoms with van der Waals surface area (Å²) in [5.74, 6) is 0.174. The molecule has 0 unspecified atom stereocenters. The second kappa shape index (κ2) is 16.0. The van der Waals surface area contributed by atoms with Crippen molar-refractivity contribution in [2.75, 3.05) is 13.1 Å². The average Bonchev–Trinajstić information content (AvgIpc) is 2.82. The van der Waals surface area contributed by atoms with E-state index in [0.29, 0.717) is 17.0 Å². The third-order valence-corrected chi connectivity index (χ3v) is 3.77. The minimum Gasteiger partial charge on any atom is -0.485 e. The first-order valence-corrected chi connectivity index (χ1v) is 10.3. The van der Waals surface area contributed by atoms with Crippen LogP contribution in [-0.4, -0.2) is 34.7 Å². The molecule has 0 fully saturated rings. The van der Waals surface area contributed by atoms with Gasteiger partial charge in [0.2, 0.25) is 5.91 Å². The van der Waals surface area contributed by atoms with E-state index in [-0.39, 0.29) is 38.6 Å². The molecule has 1 aliphatic heterocycles. The number of amidine groups is 1. The van der Waals surface area contributed by atoms with Gasteiger partial charge in [-0.1, -0.05) is 47.4 Å². The summed E-state index contributed by atoms with van der Waals surface area (Å²) in [5.41, 5.74) is 9.83. The normalized spacial score (nSPS) is 11.7. The van der Waals surface area contributed by atoms with E-state index in [4.69, 9.17) is 5.73 Å². The molecule has 1 aliphatic rings. The monoisotopic (exact) mass is 529 g/mol. The predicted octanol–water partition coefficient (Wildman–Crippen LogP) is 6.41. The molecule has 1 N–H and O–H groups in total. The van der Waals surface area contributed by atoms with Crippen molar-refractivity contribution < 1.29 is 25.2 Å². The van der Waals surface area contributed by atoms with Gasteiger partial charge < -0.3 is 15.6 Å². The molecular weight excluding hydrogens is 499 g/mol. The molecule has 5 nitrogen and oxygen atoms in total. The number of carbonyl (C=O) groups excluding carboxylic acids is 1. The molecule has 0 saturated carbocycles. The first-order chi connectivity index (χ1) is 12.5. The van der Waals surface area contributed by atoms with Gasteiger partial charge in [0.1, 0.15) is 0 Å². The number of aliphatic imine (C=N–C) groups is 1. The minimum absolute atomic E-state index is 0. The van der Waals surface area contributed by atoms with E-state index in [1.54, 1.807) is 12.3 Å². The van der Waals surface area contributed by atoms with Gasteiger partial charge in [0.15, 0.2) is 0 Å². The van der Waals surface area contributed by atoms with E-state index in [1.165, 1.54) is 0 Å². The van der Waals surface area contributed by atoms with Crippen LogP contribution in [0.25, 0.3) is 11.8 Å². The molecule has 2 rings (SSSR count). The van der Waals surface area contributed by atoms with Gasteiger partial charge in [-0.15, -0.1) is 0 Å². The Morgan fingerprint density at radius 1 is 1.19 bits per heavy atom. The molecule has 2 heterocycles. The standard InChI is InChI=1S/C16H21BrN4O.2C2H6.Pd/c1-3-5-21(6-4-2)16(22)11-7-13-14(20-15(18)8-11)9-12(17)10-19-13;2*1-2;/h7,9-10H,3-6,8H2,1-2H3,(H2,18,20,22);2*1-2H3;/p-1. The van der Waals surface area contributed by atoms with Crippen LogP contribution >= 0.6 is 15.9 Å². The van der Waals surface area contributed by atoms with Gasteiger partial charge in [-0.3, -0.25) is 9.78 Å². The number of fused-ring (bicyclic) bond motifs is 1. The van der Waals surface area contributed by atoms with Gasteiger partial charge in [0.25, 0.3) is 0 Å². The Kier molecular flexibility index (Phi) is 16.7. The second-order valence-corrected chi connectivity index (χ2v) is 6.17. The summed E-state index contributed by atoms with van der Waals surface area (Å²) in [4.78, 5) is 23.2. The molecule has 7 heteroatoms. The van der Waals surface area contributed by atoms with Crippen LogP contribution in [0.5, 0.6) is 0 Å². The molecule has 27 heavy (non-hydrogen) atoms. The molecule has 1 aromatic rings. The van der Waals surface area contributed by atoms with Gasteiger partial charge in [-0.2, -0.15) is 0 Å². The van der Waals surface area contributed by atoms with Gasteiger partial charge in [-0.25, -0.2) is 0 Å². The van der Waals surface area contributed by atoms with Crippen LogP contribution in [0.2, 0.25) is 0 Å². The van der Waals surface area contributed by atoms with E-state index in [9.17, 15) is 4.79 Å². The van der Waals surface area contributed by atoms with E-state index in [0.717, 1.165) is 30.4 Å². The molecule has 0 saturated heterocycles. The number of nitrogens with zero attached hydrogens (tertiary/aromatic N) is 3. The summed E-state index contributed by atoms with van der Waals surface area (Å²) >= 11 is 3.36. The Balaban J connectivity index is 0. The van der Waals surface area contributed by atoms with Gasteiger partial charge in [0.05, 0.1) is 5.69 Å². The SMILES string of the molecule is CC.CC.CCCN(CCC)C(=O)C1=Cc2ncc(Br)cc2N=C([NH-])C1.[Pd]. The Morgan fingerprint density at radius 3 is 2.26 bits per heavy atom. The first kappa shape index (κ1) is 28.2. The van der Waals surface area contributed by atoms with Crippen molar-refractivity contribution in [1.29, 1.82) is 0 Å². The van der Waals surface area contributed by atoms with Crippen LogP contribution < -0.4 is 0 Å². The fourth-order valence-corrected chi connectivity index (χ4v) is 2.74. The maximum absolute atomic E-state index is 12.7. The fourth-order valence-electron chi connectivity index (χ4n) is 2.42. The van der Waals surface area contributed by atoms with Crippen molar-refractivity contribution in [2.24, 2.45) is 4.99 Å². The number of pyridine rings is 1. The number of amides is 1. The van der Waals surface area contributed by atoms with Crippen LogP contribution in [0.3, 0.4) is 0 Å². The molecule has 0 radical (unpaired) electrons. The van der Waals surface area contributed by atoms with Crippen molar-refractivity contribution in [3.63, 3.8) is 0 Å². The molecule has 156 valence electrons. The number of hydrogen-bond acceptors (Lipinski definition) is 3. The van der Waals surface area contributed by atoms with Crippen LogP contribution in [0, 0.1) is 0 Å². The molecule has 1 amide bonds. The van der Waals surface area contributed by atoms with Gasteiger partial charge in [-0.05, 0) is 53.0 Å². The molecule has 0 bridgehead atoms. The number of aromatic nitrogens is 1. The maximum atomic E-state index is 12.7. The summed E-state index contributed by atoms with van der Waals surface area (Å²) in [6.45, 7) is 13.6. The zero-order chi connectivity index (χ0) is 20.1. The molecule has 0 atom stereocenters. The summed E-state index contributed by atoms with van der Waals surface area (Å²) in [7, 11) is 0. The van der Waals surface area contributed by atoms with Crippen LogP contribution in [0.15, 0.2) is 27.3 Å². The fraction of sp³-hybridized carbons (Fsp3) is 0.550. The largest absolute Gasteiger partial charge is 0.485 e. The maximum Gasteiger partial charge on any atom is 0.250 e. The Labute approximate surface area is 186 Å². The average molecular weight is 531 g/mol. The van der Waals surface area contributed by atoms with Gasteiger partial charge in [0, 0.05) is 49.8 Å². The van der Waals surface area contributed by atoms with Gasteiger partial charge >= 0.3 is 0 Å². The number of nitrogens with one attached hydrogen (secondary N) is 1. The molecule has 0 spiro atoms. The summed E-state index contributed by atoms with van der Waals surface area (Å²) in [6, 6.07) is 1.82. The van der Waals surface area contributed by atoms with Crippen LogP contribution in [0.1, 0.15) is 66.5 Å². The molecule has 0 aromatic carbocycles. The van der Waals surface area contributed by atoms with E-state index < -0.39 is 0 Å². The number of rotatable bonds is 5. The minimum atomic E-state index is -0.0128. The third-order valence-electron chi connectivity index (χ3n) is 3.34. The second-order valence-electron chi connectivity index (χ2n) is 5.25. The van der Waals surface area contributed by atoms with Crippen LogP contribution in [0.4, 0.5) is 5.69 Å². The Bertz CT molecular complexity index is 626. The third kappa shape index (κ3) is 9.14. The quantitative estimate of drug-likeness (QED) is 0.413. The molecule has 1 aromatic heterocycles. The predicted molar refractivity (Wildman–Crippen MR) is 116 cm³/mol. The molecular formula is C20H32BrN4OPd-. The summed E-state index contributed by atoms with van der Waals surface area (Å²) in [5, 5.41) is 0. The molecule has 0 aliphatic carbocycles. The topological polar surface area (TPSA) is 69.4 Å². The first-order valence-electron chi connectivity index (χ1n) is 9.49. The van der Waals surface area contributed by atoms with Crippen molar-refractivity contribution in [1.82, 2.24) is 9.88 Å². The zero-order valence-electron chi connectivity index (χ0n) is 17.2. The van der Waals surface area contributed by atoms with Crippen molar-refractivity contribution in [2.45, 2.75) is 60.8 Å². The Hall–Kier alpha value is -1.03. The smallest absolute Gasteiger partial charge is 0.250 e. The summed E-state index contributed by atoms with van der Waals surface area (Å²) < 4.78 is 0.810. The van der Waals surface area contributed by atoms with Crippen molar-refractivity contribution in [3.05, 3.63) is 33.7 Å². The van der Waals surface area contributed by atoms with Crippen LogP contribution in [-0.2, 0) is 25.2 Å².